The summed E-state index contributed by atoms with van der Waals surface area (Å²) in [6.07, 6.45) is 1.84. The molecule has 1 aliphatic rings. The van der Waals surface area contributed by atoms with Crippen LogP contribution in [0.15, 0.2) is 60.8 Å². The van der Waals surface area contributed by atoms with E-state index in [-0.39, 0.29) is 5.78 Å². The zero-order valence-electron chi connectivity index (χ0n) is 17.3. The fraction of sp³-hybridized carbons (Fsp3) is 0.208. The number of nitrogens with zero attached hydrogens (tertiary/aromatic N) is 4. The van der Waals surface area contributed by atoms with Crippen LogP contribution in [0.2, 0.25) is 5.02 Å². The van der Waals surface area contributed by atoms with Gasteiger partial charge in [-0.05, 0) is 42.5 Å². The number of fused-ring (bicyclic) bond motifs is 1. The lowest BCUT2D eigenvalue weighted by atomic mass is 10.1. The van der Waals surface area contributed by atoms with E-state index in [1.165, 1.54) is 0 Å². The van der Waals surface area contributed by atoms with E-state index in [1.54, 1.807) is 6.07 Å². The molecule has 0 aliphatic carbocycles. The minimum absolute atomic E-state index is 0.262. The summed E-state index contributed by atoms with van der Waals surface area (Å²) in [5.74, 6) is 1.43. The van der Waals surface area contributed by atoms with E-state index < -0.39 is 6.61 Å². The summed E-state index contributed by atoms with van der Waals surface area (Å²) in [6, 6.07) is 17.1. The third-order valence-electron chi connectivity index (χ3n) is 5.75. The second-order valence-corrected chi connectivity index (χ2v) is 8.19. The molecule has 0 bridgehead atoms. The third-order valence-corrected chi connectivity index (χ3v) is 5.98. The number of rotatable bonds is 5. The Morgan fingerprint density at radius 1 is 1.03 bits per heavy atom. The van der Waals surface area contributed by atoms with Crippen molar-refractivity contribution in [2.45, 2.75) is 0 Å². The maximum Gasteiger partial charge on any atom is 0.188 e. The number of benzene rings is 2. The summed E-state index contributed by atoms with van der Waals surface area (Å²) in [5.41, 5.74) is 4.23. The van der Waals surface area contributed by atoms with Gasteiger partial charge in [-0.2, -0.15) is 0 Å². The zero-order chi connectivity index (χ0) is 22.1. The Balaban J connectivity index is 1.26. The Hall–Kier alpha value is -3.42. The Morgan fingerprint density at radius 3 is 2.59 bits per heavy atom. The number of halogens is 1. The van der Waals surface area contributed by atoms with Gasteiger partial charge in [0, 0.05) is 54.2 Å². The van der Waals surface area contributed by atoms with Crippen molar-refractivity contribution in [2.24, 2.45) is 0 Å². The second kappa shape index (κ2) is 8.61. The number of imidazole rings is 1. The molecule has 0 unspecified atom stereocenters. The molecule has 32 heavy (non-hydrogen) atoms. The largest absolute Gasteiger partial charge is 0.388 e. The van der Waals surface area contributed by atoms with Crippen LogP contribution in [0.5, 0.6) is 0 Å². The average molecular weight is 448 g/mol. The number of H-pyrrole nitrogens is 1. The van der Waals surface area contributed by atoms with Crippen molar-refractivity contribution in [1.82, 2.24) is 15.0 Å². The Kier molecular flexibility index (Phi) is 5.51. The summed E-state index contributed by atoms with van der Waals surface area (Å²) in [5, 5.41) is 9.78. The normalized spacial score (nSPS) is 14.2. The molecule has 1 fully saturated rings. The Labute approximate surface area is 190 Å². The molecule has 0 radical (unpaired) electrons. The van der Waals surface area contributed by atoms with Gasteiger partial charge in [-0.1, -0.05) is 23.7 Å². The number of hydrogen-bond acceptors (Lipinski definition) is 6. The third kappa shape index (κ3) is 4.04. The first-order chi connectivity index (χ1) is 15.6. The number of aliphatic hydroxyl groups excluding tert-OH is 1. The minimum Gasteiger partial charge on any atom is -0.388 e. The van der Waals surface area contributed by atoms with Crippen LogP contribution >= 0.6 is 11.6 Å². The highest BCUT2D eigenvalue weighted by Crippen LogP contribution is 2.25. The molecular formula is C24H22ClN5O2. The number of carbonyl (C=O) groups is 1. The summed E-state index contributed by atoms with van der Waals surface area (Å²) in [6.45, 7) is 2.83. The van der Waals surface area contributed by atoms with Crippen molar-refractivity contribution in [2.75, 3.05) is 42.6 Å². The lowest BCUT2D eigenvalue weighted by Gasteiger charge is -2.36. The molecule has 0 amide bonds. The number of nitrogens with one attached hydrogen (secondary N) is 1. The van der Waals surface area contributed by atoms with E-state index in [2.05, 4.69) is 24.8 Å². The smallest absolute Gasteiger partial charge is 0.188 e. The first kappa shape index (κ1) is 20.5. The molecule has 1 saturated heterocycles. The monoisotopic (exact) mass is 447 g/mol. The van der Waals surface area contributed by atoms with E-state index >= 15 is 0 Å². The van der Waals surface area contributed by atoms with Gasteiger partial charge in [-0.3, -0.25) is 4.79 Å². The summed E-state index contributed by atoms with van der Waals surface area (Å²) >= 11 is 6.06. The maximum atomic E-state index is 11.8. The van der Waals surface area contributed by atoms with Crippen LogP contribution in [-0.2, 0) is 0 Å². The molecule has 2 aromatic carbocycles. The maximum absolute atomic E-state index is 11.8. The molecule has 7 nitrogen and oxygen atoms in total. The van der Waals surface area contributed by atoms with Crippen LogP contribution < -0.4 is 9.80 Å². The van der Waals surface area contributed by atoms with E-state index in [9.17, 15) is 4.79 Å². The van der Waals surface area contributed by atoms with Gasteiger partial charge in [0.25, 0.3) is 0 Å². The SMILES string of the molecule is O=C(CO)c1cccc(N2CCN(c3ccc(-c4nc5ccc(Cl)cc5[nH]4)cn3)CC2)c1. The highest BCUT2D eigenvalue weighted by Gasteiger charge is 2.19. The number of aromatic amines is 1. The van der Waals surface area contributed by atoms with Crippen molar-refractivity contribution < 1.29 is 9.90 Å². The number of ketones is 1. The number of aromatic nitrogens is 3. The fourth-order valence-electron chi connectivity index (χ4n) is 3.99. The lowest BCUT2D eigenvalue weighted by Crippen LogP contribution is -2.46. The summed E-state index contributed by atoms with van der Waals surface area (Å²) in [7, 11) is 0. The number of hydrogen-bond donors (Lipinski definition) is 2. The first-order valence-corrected chi connectivity index (χ1v) is 10.8. The van der Waals surface area contributed by atoms with Crippen LogP contribution in [-0.4, -0.2) is 58.6 Å². The Bertz CT molecular complexity index is 1260. The molecule has 1 aliphatic heterocycles. The average Bonchev–Trinajstić information content (AvgIpc) is 3.27. The van der Waals surface area contributed by atoms with E-state index in [0.29, 0.717) is 10.6 Å². The molecule has 4 aromatic rings. The molecule has 2 aromatic heterocycles. The molecule has 3 heterocycles. The van der Waals surface area contributed by atoms with Gasteiger partial charge in [0.2, 0.25) is 0 Å². The molecule has 5 rings (SSSR count). The molecular weight excluding hydrogens is 426 g/mol. The molecule has 0 saturated carbocycles. The highest BCUT2D eigenvalue weighted by molar-refractivity contribution is 6.31. The molecule has 0 atom stereocenters. The van der Waals surface area contributed by atoms with Crippen LogP contribution in [0.25, 0.3) is 22.4 Å². The molecule has 8 heteroatoms. The fourth-order valence-corrected chi connectivity index (χ4v) is 4.16. The summed E-state index contributed by atoms with van der Waals surface area (Å²) < 4.78 is 0. The van der Waals surface area contributed by atoms with Gasteiger partial charge in [0.15, 0.2) is 5.78 Å². The van der Waals surface area contributed by atoms with Crippen molar-refractivity contribution in [1.29, 1.82) is 0 Å². The van der Waals surface area contributed by atoms with Gasteiger partial charge >= 0.3 is 0 Å². The van der Waals surface area contributed by atoms with Gasteiger partial charge in [-0.25, -0.2) is 9.97 Å². The van der Waals surface area contributed by atoms with Crippen molar-refractivity contribution >= 4 is 39.9 Å². The minimum atomic E-state index is -0.472. The standard InChI is InChI=1S/C24H22ClN5O2/c25-18-5-6-20-21(13-18)28-24(27-20)17-4-7-23(26-14-17)30-10-8-29(9-11-30)19-3-1-2-16(12-19)22(32)15-31/h1-7,12-14,31H,8-11,15H2,(H,27,28). The quantitative estimate of drug-likeness (QED) is 0.453. The van der Waals surface area contributed by atoms with Gasteiger partial charge in [0.1, 0.15) is 18.2 Å². The van der Waals surface area contributed by atoms with E-state index in [1.807, 2.05) is 54.7 Å². The second-order valence-electron chi connectivity index (χ2n) is 7.76. The Morgan fingerprint density at radius 2 is 1.84 bits per heavy atom. The van der Waals surface area contributed by atoms with Crippen LogP contribution in [0.4, 0.5) is 11.5 Å². The number of anilines is 2. The zero-order valence-corrected chi connectivity index (χ0v) is 18.1. The first-order valence-electron chi connectivity index (χ1n) is 10.5. The molecule has 162 valence electrons. The highest BCUT2D eigenvalue weighted by atomic mass is 35.5. The van der Waals surface area contributed by atoms with Crippen molar-refractivity contribution in [3.63, 3.8) is 0 Å². The number of aliphatic hydroxyl groups is 1. The summed E-state index contributed by atoms with van der Waals surface area (Å²) in [4.78, 5) is 28.9. The van der Waals surface area contributed by atoms with Gasteiger partial charge in [0.05, 0.1) is 11.0 Å². The number of Topliss-reactive ketones (excluding diaryl/α,β-unsaturated/α-hetero) is 1. The van der Waals surface area contributed by atoms with E-state index in [0.717, 1.165) is 60.1 Å². The number of carbonyl (C=O) groups excluding carboxylic acids is 1. The predicted molar refractivity (Wildman–Crippen MR) is 127 cm³/mol. The molecule has 0 spiro atoms. The lowest BCUT2D eigenvalue weighted by molar-refractivity contribution is 0.0904. The van der Waals surface area contributed by atoms with Crippen molar-refractivity contribution in [3.05, 3.63) is 71.4 Å². The van der Waals surface area contributed by atoms with Gasteiger partial charge < -0.3 is 19.9 Å². The predicted octanol–water partition coefficient (Wildman–Crippen LogP) is 3.78. The van der Waals surface area contributed by atoms with Crippen LogP contribution in [0.1, 0.15) is 10.4 Å². The number of piperazine rings is 1. The molecule has 2 N–H and O–H groups in total. The topological polar surface area (TPSA) is 85.4 Å². The van der Waals surface area contributed by atoms with Crippen molar-refractivity contribution in [3.8, 4) is 11.4 Å². The van der Waals surface area contributed by atoms with Crippen LogP contribution in [0, 0.1) is 0 Å². The van der Waals surface area contributed by atoms with Gasteiger partial charge in [-0.15, -0.1) is 0 Å². The van der Waals surface area contributed by atoms with E-state index in [4.69, 9.17) is 16.7 Å². The van der Waals surface area contributed by atoms with Crippen LogP contribution in [0.3, 0.4) is 0 Å². The number of pyridine rings is 1.